The second-order valence-corrected chi connectivity index (χ2v) is 8.23. The van der Waals surface area contributed by atoms with E-state index in [4.69, 9.17) is 9.47 Å². The Morgan fingerprint density at radius 2 is 1.76 bits per heavy atom. The van der Waals surface area contributed by atoms with Crippen molar-refractivity contribution in [2.45, 2.75) is 11.3 Å². The van der Waals surface area contributed by atoms with E-state index in [1.165, 1.54) is 23.9 Å². The molecule has 0 saturated heterocycles. The molecule has 0 radical (unpaired) electrons. The highest BCUT2D eigenvalue weighted by Gasteiger charge is 2.29. The molecule has 1 aliphatic heterocycles. The van der Waals surface area contributed by atoms with Crippen molar-refractivity contribution < 1.29 is 24.5 Å². The summed E-state index contributed by atoms with van der Waals surface area (Å²) in [5.74, 6) is 1.20. The molecule has 33 heavy (non-hydrogen) atoms. The van der Waals surface area contributed by atoms with E-state index in [-0.39, 0.29) is 35.2 Å². The van der Waals surface area contributed by atoms with Crippen molar-refractivity contribution in [3.8, 4) is 28.7 Å². The maximum atomic E-state index is 12.7. The Bertz CT molecular complexity index is 1310. The number of aromatic hydroxyl groups is 2. The van der Waals surface area contributed by atoms with Crippen molar-refractivity contribution in [3.63, 3.8) is 0 Å². The number of Topliss-reactive ketones (excluding diaryl/α,β-unsaturated/α-hetero) is 1. The SMILES string of the molecule is O=C(CSc1nnc([C@@H]2COc3ccccc3O2)n1-c1ccccc1)c1ccc(O)cc1O. The number of hydrogen-bond acceptors (Lipinski definition) is 8. The molecule has 1 aliphatic rings. The van der Waals surface area contributed by atoms with Crippen LogP contribution in [0.25, 0.3) is 5.69 Å². The molecule has 166 valence electrons. The Labute approximate surface area is 193 Å². The van der Waals surface area contributed by atoms with E-state index in [9.17, 15) is 15.0 Å². The van der Waals surface area contributed by atoms with E-state index in [1.54, 1.807) is 0 Å². The Hall–Kier alpha value is -3.98. The van der Waals surface area contributed by atoms with Crippen LogP contribution in [0.4, 0.5) is 0 Å². The van der Waals surface area contributed by atoms with E-state index in [1.807, 2.05) is 59.2 Å². The van der Waals surface area contributed by atoms with E-state index in [0.29, 0.717) is 22.5 Å². The lowest BCUT2D eigenvalue weighted by atomic mass is 10.1. The Morgan fingerprint density at radius 1 is 1.00 bits per heavy atom. The van der Waals surface area contributed by atoms with Crippen molar-refractivity contribution in [2.24, 2.45) is 0 Å². The molecular weight excluding hydrogens is 442 g/mol. The molecule has 0 fully saturated rings. The molecule has 0 unspecified atom stereocenters. The second kappa shape index (κ2) is 8.87. The summed E-state index contributed by atoms with van der Waals surface area (Å²) in [7, 11) is 0. The number of ketones is 1. The molecular formula is C24H19N3O5S. The Kier molecular flexibility index (Phi) is 5.62. The molecule has 8 nitrogen and oxygen atoms in total. The minimum atomic E-state index is -0.487. The fourth-order valence-electron chi connectivity index (χ4n) is 3.51. The van der Waals surface area contributed by atoms with Crippen LogP contribution in [-0.2, 0) is 0 Å². The molecule has 0 saturated carbocycles. The minimum absolute atomic E-state index is 0.0220. The summed E-state index contributed by atoms with van der Waals surface area (Å²) < 4.78 is 13.8. The normalized spacial score (nSPS) is 14.7. The van der Waals surface area contributed by atoms with Gasteiger partial charge >= 0.3 is 0 Å². The number of benzene rings is 3. The number of fused-ring (bicyclic) bond motifs is 1. The third kappa shape index (κ3) is 4.22. The number of rotatable bonds is 6. The predicted octanol–water partition coefficient (Wildman–Crippen LogP) is 4.17. The van der Waals surface area contributed by atoms with Crippen molar-refractivity contribution in [2.75, 3.05) is 12.4 Å². The summed E-state index contributed by atoms with van der Waals surface area (Å²) in [6, 6.07) is 20.9. The summed E-state index contributed by atoms with van der Waals surface area (Å²) >= 11 is 1.20. The van der Waals surface area contributed by atoms with Gasteiger partial charge in [0.15, 0.2) is 34.4 Å². The molecule has 0 bridgehead atoms. The zero-order valence-corrected chi connectivity index (χ0v) is 18.1. The average molecular weight is 461 g/mol. The Balaban J connectivity index is 1.44. The number of carbonyl (C=O) groups excluding carboxylic acids is 1. The van der Waals surface area contributed by atoms with Crippen LogP contribution in [0.1, 0.15) is 22.3 Å². The predicted molar refractivity (Wildman–Crippen MR) is 121 cm³/mol. The highest BCUT2D eigenvalue weighted by atomic mass is 32.2. The van der Waals surface area contributed by atoms with Gasteiger partial charge < -0.3 is 19.7 Å². The molecule has 0 aliphatic carbocycles. The van der Waals surface area contributed by atoms with E-state index in [2.05, 4.69) is 10.2 Å². The van der Waals surface area contributed by atoms with Gasteiger partial charge in [0, 0.05) is 11.8 Å². The van der Waals surface area contributed by atoms with Crippen molar-refractivity contribution in [3.05, 3.63) is 84.2 Å². The van der Waals surface area contributed by atoms with Gasteiger partial charge in [-0.1, -0.05) is 42.1 Å². The molecule has 0 amide bonds. The first-order valence-electron chi connectivity index (χ1n) is 10.2. The zero-order chi connectivity index (χ0) is 22.8. The highest BCUT2D eigenvalue weighted by Crippen LogP contribution is 2.37. The lowest BCUT2D eigenvalue weighted by Crippen LogP contribution is -2.24. The van der Waals surface area contributed by atoms with E-state index >= 15 is 0 Å². The van der Waals surface area contributed by atoms with Gasteiger partial charge in [-0.3, -0.25) is 9.36 Å². The first-order chi connectivity index (χ1) is 16.1. The van der Waals surface area contributed by atoms with E-state index in [0.717, 1.165) is 11.8 Å². The number of hydrogen-bond donors (Lipinski definition) is 2. The molecule has 3 aromatic carbocycles. The monoisotopic (exact) mass is 461 g/mol. The van der Waals surface area contributed by atoms with Gasteiger partial charge in [-0.2, -0.15) is 0 Å². The number of phenolic OH excluding ortho intramolecular Hbond substituents is 2. The van der Waals surface area contributed by atoms with Gasteiger partial charge in [0.2, 0.25) is 0 Å². The van der Waals surface area contributed by atoms with Gasteiger partial charge in [-0.25, -0.2) is 0 Å². The van der Waals surface area contributed by atoms with Crippen LogP contribution < -0.4 is 9.47 Å². The van der Waals surface area contributed by atoms with Crippen LogP contribution in [-0.4, -0.2) is 43.1 Å². The second-order valence-electron chi connectivity index (χ2n) is 7.29. The smallest absolute Gasteiger partial charge is 0.196 e. The zero-order valence-electron chi connectivity index (χ0n) is 17.3. The summed E-state index contributed by atoms with van der Waals surface area (Å²) in [6.45, 7) is 0.271. The van der Waals surface area contributed by atoms with Crippen molar-refractivity contribution in [1.82, 2.24) is 14.8 Å². The molecule has 9 heteroatoms. The quantitative estimate of drug-likeness (QED) is 0.326. The molecule has 1 aromatic heterocycles. The number of para-hydroxylation sites is 3. The molecule has 2 N–H and O–H groups in total. The molecule has 5 rings (SSSR count). The van der Waals surface area contributed by atoms with Crippen LogP contribution in [0.3, 0.4) is 0 Å². The van der Waals surface area contributed by atoms with Gasteiger partial charge in [-0.05, 0) is 36.4 Å². The first kappa shape index (κ1) is 20.9. The third-order valence-electron chi connectivity index (χ3n) is 5.08. The van der Waals surface area contributed by atoms with Gasteiger partial charge in [0.1, 0.15) is 18.1 Å². The number of ether oxygens (including phenoxy) is 2. The Morgan fingerprint density at radius 3 is 2.55 bits per heavy atom. The minimum Gasteiger partial charge on any atom is -0.508 e. The van der Waals surface area contributed by atoms with Gasteiger partial charge in [0.25, 0.3) is 0 Å². The fraction of sp³-hybridized carbons (Fsp3) is 0.125. The van der Waals surface area contributed by atoms with Gasteiger partial charge in [0.05, 0.1) is 11.3 Å². The number of nitrogens with zero attached hydrogens (tertiary/aromatic N) is 3. The van der Waals surface area contributed by atoms with Crippen LogP contribution in [0.5, 0.6) is 23.0 Å². The van der Waals surface area contributed by atoms with Gasteiger partial charge in [-0.15, -0.1) is 10.2 Å². The molecule has 4 aromatic rings. The largest absolute Gasteiger partial charge is 0.508 e. The summed E-state index contributed by atoms with van der Waals surface area (Å²) in [6.07, 6.45) is -0.487. The topological polar surface area (TPSA) is 107 Å². The van der Waals surface area contributed by atoms with Crippen LogP contribution in [0, 0.1) is 0 Å². The highest BCUT2D eigenvalue weighted by molar-refractivity contribution is 7.99. The number of carbonyl (C=O) groups is 1. The van der Waals surface area contributed by atoms with Crippen LogP contribution in [0.2, 0.25) is 0 Å². The van der Waals surface area contributed by atoms with Crippen molar-refractivity contribution in [1.29, 1.82) is 0 Å². The fourth-order valence-corrected chi connectivity index (χ4v) is 4.36. The molecule has 1 atom stereocenters. The van der Waals surface area contributed by atoms with Crippen LogP contribution >= 0.6 is 11.8 Å². The standard InChI is InChI=1S/C24H19N3O5S/c28-16-10-11-17(18(29)12-16)19(30)14-33-24-26-25-23(27(24)15-6-2-1-3-7-15)22-13-31-20-8-4-5-9-21(20)32-22/h1-12,22,28-29H,13-14H2/t22-/m0/s1. The lowest BCUT2D eigenvalue weighted by Gasteiger charge is -2.26. The molecule has 2 heterocycles. The van der Waals surface area contributed by atoms with Crippen LogP contribution in [0.15, 0.2) is 78.0 Å². The maximum absolute atomic E-state index is 12.7. The summed E-state index contributed by atoms with van der Waals surface area (Å²) in [5.41, 5.74) is 0.953. The van der Waals surface area contributed by atoms with E-state index < -0.39 is 6.10 Å². The maximum Gasteiger partial charge on any atom is 0.196 e. The summed E-state index contributed by atoms with van der Waals surface area (Å²) in [5, 5.41) is 28.6. The number of phenols is 2. The molecule has 0 spiro atoms. The average Bonchev–Trinajstić information content (AvgIpc) is 3.27. The summed E-state index contributed by atoms with van der Waals surface area (Å²) in [4.78, 5) is 12.7. The third-order valence-corrected chi connectivity index (χ3v) is 6.01. The van der Waals surface area contributed by atoms with Crippen molar-refractivity contribution >= 4 is 17.5 Å². The lowest BCUT2D eigenvalue weighted by molar-refractivity contribution is 0.0835. The first-order valence-corrected chi connectivity index (χ1v) is 11.2. The number of aromatic nitrogens is 3. The number of thioether (sulfide) groups is 1.